The third kappa shape index (κ3) is 4.34. The Morgan fingerprint density at radius 3 is 2.18 bits per heavy atom. The first-order valence-corrected chi connectivity index (χ1v) is 11.3. The monoisotopic (exact) mass is 444 g/mol. The summed E-state index contributed by atoms with van der Waals surface area (Å²) in [5.74, 6) is 0.739. The lowest BCUT2D eigenvalue weighted by molar-refractivity contribution is 0.259. The van der Waals surface area contributed by atoms with Gasteiger partial charge in [-0.2, -0.15) is 4.98 Å². The zero-order chi connectivity index (χ0) is 22.8. The van der Waals surface area contributed by atoms with Gasteiger partial charge in [-0.25, -0.2) is 4.79 Å². The fourth-order valence-corrected chi connectivity index (χ4v) is 4.48. The van der Waals surface area contributed by atoms with Gasteiger partial charge < -0.3 is 4.90 Å². The lowest BCUT2D eigenvalue weighted by Gasteiger charge is -2.35. The van der Waals surface area contributed by atoms with Gasteiger partial charge in [0.15, 0.2) is 11.2 Å². The Morgan fingerprint density at radius 1 is 0.879 bits per heavy atom. The first kappa shape index (κ1) is 21.2. The van der Waals surface area contributed by atoms with Crippen molar-refractivity contribution < 1.29 is 0 Å². The number of aromatic amines is 1. The predicted octanol–water partition coefficient (Wildman–Crippen LogP) is 1.84. The van der Waals surface area contributed by atoms with Gasteiger partial charge in [-0.3, -0.25) is 23.8 Å². The van der Waals surface area contributed by atoms with E-state index in [1.165, 1.54) is 10.1 Å². The minimum atomic E-state index is -0.450. The van der Waals surface area contributed by atoms with Crippen molar-refractivity contribution in [1.82, 2.24) is 24.0 Å². The molecule has 0 unspecified atom stereocenters. The molecule has 2 aromatic heterocycles. The molecule has 0 radical (unpaired) electrons. The highest BCUT2D eigenvalue weighted by Crippen LogP contribution is 2.22. The summed E-state index contributed by atoms with van der Waals surface area (Å²) in [6.07, 6.45) is 1.03. The van der Waals surface area contributed by atoms with Crippen molar-refractivity contribution in [3.8, 4) is 0 Å². The van der Waals surface area contributed by atoms with E-state index in [2.05, 4.69) is 39.0 Å². The van der Waals surface area contributed by atoms with Crippen LogP contribution in [0.2, 0.25) is 0 Å². The van der Waals surface area contributed by atoms with Crippen molar-refractivity contribution in [3.05, 3.63) is 92.6 Å². The number of aryl methyl sites for hydroxylation is 1. The maximum Gasteiger partial charge on any atom is 0.329 e. The predicted molar refractivity (Wildman–Crippen MR) is 130 cm³/mol. The molecule has 0 atom stereocenters. The SMILES string of the molecule is Cn1c(=O)[nH]c(=O)c2c1nc(N1CCN(CCc3ccccc3)CC1)n2Cc1ccccc1. The van der Waals surface area contributed by atoms with Crippen LogP contribution in [0.1, 0.15) is 11.1 Å². The minimum absolute atomic E-state index is 0.399. The van der Waals surface area contributed by atoms with E-state index in [-0.39, 0.29) is 0 Å². The first-order valence-electron chi connectivity index (χ1n) is 11.3. The molecular formula is C25H28N6O2. The Labute approximate surface area is 191 Å². The van der Waals surface area contributed by atoms with Crippen LogP contribution < -0.4 is 16.1 Å². The van der Waals surface area contributed by atoms with Gasteiger partial charge >= 0.3 is 5.69 Å². The van der Waals surface area contributed by atoms with Crippen LogP contribution in [0.15, 0.2) is 70.3 Å². The Bertz CT molecular complexity index is 1350. The molecule has 0 bridgehead atoms. The number of H-pyrrole nitrogens is 1. The Morgan fingerprint density at radius 2 is 1.52 bits per heavy atom. The molecule has 0 spiro atoms. The van der Waals surface area contributed by atoms with Crippen molar-refractivity contribution >= 4 is 17.1 Å². The minimum Gasteiger partial charge on any atom is -0.340 e. The molecule has 1 fully saturated rings. The van der Waals surface area contributed by atoms with Gasteiger partial charge in [0.1, 0.15) is 0 Å². The molecule has 8 nitrogen and oxygen atoms in total. The van der Waals surface area contributed by atoms with E-state index in [0.717, 1.165) is 50.7 Å². The summed E-state index contributed by atoms with van der Waals surface area (Å²) in [4.78, 5) is 36.9. The molecule has 0 amide bonds. The summed E-state index contributed by atoms with van der Waals surface area (Å²) >= 11 is 0. The molecule has 170 valence electrons. The van der Waals surface area contributed by atoms with Gasteiger partial charge in [-0.15, -0.1) is 0 Å². The molecule has 2 aromatic carbocycles. The summed E-state index contributed by atoms with van der Waals surface area (Å²) in [7, 11) is 1.64. The number of aromatic nitrogens is 4. The molecule has 0 aliphatic carbocycles. The molecule has 1 saturated heterocycles. The number of imidazole rings is 1. The zero-order valence-corrected chi connectivity index (χ0v) is 18.8. The molecule has 1 aliphatic rings. The van der Waals surface area contributed by atoms with Gasteiger partial charge in [0.25, 0.3) is 5.56 Å². The molecule has 33 heavy (non-hydrogen) atoms. The Kier molecular flexibility index (Phi) is 5.83. The van der Waals surface area contributed by atoms with E-state index in [1.807, 2.05) is 41.0 Å². The van der Waals surface area contributed by atoms with Crippen LogP contribution in [0.25, 0.3) is 11.2 Å². The maximum atomic E-state index is 12.8. The number of rotatable bonds is 6. The van der Waals surface area contributed by atoms with Crippen molar-refractivity contribution in [2.75, 3.05) is 37.6 Å². The van der Waals surface area contributed by atoms with Crippen LogP contribution in [-0.2, 0) is 20.0 Å². The standard InChI is InChI=1S/C25H28N6O2/c1-28-22-21(23(32)27-25(28)33)31(18-20-10-6-3-7-11-20)24(26-22)30-16-14-29(15-17-30)13-12-19-8-4-2-5-9-19/h2-11H,12-18H2,1H3,(H,27,32,33). The second-order valence-corrected chi connectivity index (χ2v) is 8.54. The summed E-state index contributed by atoms with van der Waals surface area (Å²) in [6.45, 7) is 5.03. The quantitative estimate of drug-likeness (QED) is 0.491. The Balaban J connectivity index is 1.41. The largest absolute Gasteiger partial charge is 0.340 e. The van der Waals surface area contributed by atoms with E-state index in [9.17, 15) is 9.59 Å². The number of hydrogen-bond donors (Lipinski definition) is 1. The van der Waals surface area contributed by atoms with Crippen LogP contribution in [-0.4, -0.2) is 56.7 Å². The smallest absolute Gasteiger partial charge is 0.329 e. The normalized spacial score (nSPS) is 14.8. The van der Waals surface area contributed by atoms with Crippen LogP contribution in [0, 0.1) is 0 Å². The van der Waals surface area contributed by atoms with Crippen LogP contribution >= 0.6 is 0 Å². The number of hydrogen-bond acceptors (Lipinski definition) is 5. The topological polar surface area (TPSA) is 79.2 Å². The number of benzene rings is 2. The van der Waals surface area contributed by atoms with Crippen molar-refractivity contribution in [1.29, 1.82) is 0 Å². The molecule has 1 N–H and O–H groups in total. The Hall–Kier alpha value is -3.65. The van der Waals surface area contributed by atoms with Crippen LogP contribution in [0.5, 0.6) is 0 Å². The van der Waals surface area contributed by atoms with Gasteiger partial charge in [0.2, 0.25) is 5.95 Å². The second kappa shape index (κ2) is 9.07. The fourth-order valence-electron chi connectivity index (χ4n) is 4.48. The lowest BCUT2D eigenvalue weighted by atomic mass is 10.1. The highest BCUT2D eigenvalue weighted by atomic mass is 16.2. The van der Waals surface area contributed by atoms with Crippen molar-refractivity contribution in [2.24, 2.45) is 7.05 Å². The summed E-state index contributed by atoms with van der Waals surface area (Å²) in [5.41, 5.74) is 2.43. The zero-order valence-electron chi connectivity index (χ0n) is 18.8. The number of piperazine rings is 1. The highest BCUT2D eigenvalue weighted by Gasteiger charge is 2.25. The van der Waals surface area contributed by atoms with Crippen molar-refractivity contribution in [3.63, 3.8) is 0 Å². The van der Waals surface area contributed by atoms with E-state index in [4.69, 9.17) is 4.98 Å². The van der Waals surface area contributed by atoms with Crippen LogP contribution in [0.3, 0.4) is 0 Å². The highest BCUT2D eigenvalue weighted by molar-refractivity contribution is 5.74. The molecule has 4 aromatic rings. The molecule has 8 heteroatoms. The first-order chi connectivity index (χ1) is 16.1. The molecule has 1 aliphatic heterocycles. The maximum absolute atomic E-state index is 12.8. The number of nitrogens with one attached hydrogen (secondary N) is 1. The third-order valence-electron chi connectivity index (χ3n) is 6.39. The molecular weight excluding hydrogens is 416 g/mol. The second-order valence-electron chi connectivity index (χ2n) is 8.54. The molecule has 0 saturated carbocycles. The average molecular weight is 445 g/mol. The van der Waals surface area contributed by atoms with E-state index in [1.54, 1.807) is 7.05 Å². The number of fused-ring (bicyclic) bond motifs is 1. The molecule has 5 rings (SSSR count). The van der Waals surface area contributed by atoms with E-state index in [0.29, 0.717) is 17.7 Å². The van der Waals surface area contributed by atoms with Gasteiger partial charge in [0, 0.05) is 39.8 Å². The lowest BCUT2D eigenvalue weighted by Crippen LogP contribution is -2.47. The van der Waals surface area contributed by atoms with E-state index >= 15 is 0 Å². The van der Waals surface area contributed by atoms with Gasteiger partial charge in [-0.1, -0.05) is 60.7 Å². The fraction of sp³-hybridized carbons (Fsp3) is 0.320. The number of nitrogens with zero attached hydrogens (tertiary/aromatic N) is 5. The third-order valence-corrected chi connectivity index (χ3v) is 6.39. The summed E-state index contributed by atoms with van der Waals surface area (Å²) < 4.78 is 3.36. The molecule has 3 heterocycles. The summed E-state index contributed by atoms with van der Waals surface area (Å²) in [6, 6.07) is 20.6. The average Bonchev–Trinajstić information content (AvgIpc) is 3.23. The van der Waals surface area contributed by atoms with E-state index < -0.39 is 11.2 Å². The number of anilines is 1. The van der Waals surface area contributed by atoms with Crippen LogP contribution in [0.4, 0.5) is 5.95 Å². The van der Waals surface area contributed by atoms with Gasteiger partial charge in [-0.05, 0) is 17.5 Å². The summed E-state index contributed by atoms with van der Waals surface area (Å²) in [5, 5.41) is 0. The van der Waals surface area contributed by atoms with Crippen molar-refractivity contribution in [2.45, 2.75) is 13.0 Å². The van der Waals surface area contributed by atoms with Gasteiger partial charge in [0.05, 0.1) is 6.54 Å².